The largest absolute Gasteiger partial charge is 0.444 e. The van der Waals surface area contributed by atoms with Crippen molar-refractivity contribution in [2.75, 3.05) is 0 Å². The number of ether oxygens (including phenoxy) is 1. The fraction of sp³-hybridized carbons (Fsp3) is 0.550. The van der Waals surface area contributed by atoms with Gasteiger partial charge in [0.25, 0.3) is 0 Å². The van der Waals surface area contributed by atoms with Gasteiger partial charge in [-0.2, -0.15) is 0 Å². The molecule has 0 spiro atoms. The summed E-state index contributed by atoms with van der Waals surface area (Å²) < 4.78 is 5.36. The summed E-state index contributed by atoms with van der Waals surface area (Å²) in [5.74, 6) is 0.503. The predicted octanol–water partition coefficient (Wildman–Crippen LogP) is 5.27. The average molecular weight is 315 g/mol. The van der Waals surface area contributed by atoms with Gasteiger partial charge < -0.3 is 10.1 Å². The fourth-order valence-corrected chi connectivity index (χ4v) is 3.14. The number of carbonyl (C=O) groups excluding carboxylic acids is 1. The summed E-state index contributed by atoms with van der Waals surface area (Å²) in [4.78, 5) is 11.9. The van der Waals surface area contributed by atoms with Gasteiger partial charge in [0.15, 0.2) is 0 Å². The van der Waals surface area contributed by atoms with E-state index in [4.69, 9.17) is 4.74 Å². The molecule has 1 aromatic rings. The molecule has 2 atom stereocenters. The van der Waals surface area contributed by atoms with Crippen molar-refractivity contribution in [3.05, 3.63) is 42.0 Å². The minimum atomic E-state index is -0.448. The number of hydrogen-bond donors (Lipinski definition) is 1. The van der Waals surface area contributed by atoms with Crippen molar-refractivity contribution in [1.29, 1.82) is 0 Å². The van der Waals surface area contributed by atoms with Crippen molar-refractivity contribution < 1.29 is 9.53 Å². The highest BCUT2D eigenvalue weighted by molar-refractivity contribution is 5.68. The molecule has 0 bridgehead atoms. The number of benzene rings is 1. The molecule has 2 rings (SSSR count). The number of nitrogens with one attached hydrogen (secondary N) is 1. The summed E-state index contributed by atoms with van der Waals surface area (Å²) in [6.07, 6.45) is 4.01. The van der Waals surface area contributed by atoms with Crippen molar-refractivity contribution >= 4 is 11.7 Å². The number of amides is 1. The Balaban J connectivity index is 1.95. The molecule has 0 radical (unpaired) electrons. The van der Waals surface area contributed by atoms with Gasteiger partial charge in [-0.1, -0.05) is 42.8 Å². The molecule has 0 saturated heterocycles. The highest BCUT2D eigenvalue weighted by Crippen LogP contribution is 2.33. The average Bonchev–Trinajstić information content (AvgIpc) is 2.45. The van der Waals surface area contributed by atoms with Crippen LogP contribution in [0.4, 0.5) is 4.79 Å². The van der Waals surface area contributed by atoms with Crippen LogP contribution in [0.1, 0.15) is 70.4 Å². The van der Waals surface area contributed by atoms with E-state index in [-0.39, 0.29) is 12.1 Å². The molecule has 3 heteroatoms. The third-order valence-electron chi connectivity index (χ3n) is 4.27. The van der Waals surface area contributed by atoms with Crippen molar-refractivity contribution in [2.24, 2.45) is 0 Å². The van der Waals surface area contributed by atoms with E-state index in [9.17, 15) is 4.79 Å². The first-order chi connectivity index (χ1) is 10.7. The molecule has 23 heavy (non-hydrogen) atoms. The maximum Gasteiger partial charge on any atom is 0.407 e. The minimum Gasteiger partial charge on any atom is -0.444 e. The maximum absolute atomic E-state index is 11.9. The highest BCUT2D eigenvalue weighted by Gasteiger charge is 2.26. The Bertz CT molecular complexity index is 554. The quantitative estimate of drug-likeness (QED) is 0.825. The number of rotatable bonds is 3. The van der Waals surface area contributed by atoms with E-state index in [0.29, 0.717) is 5.92 Å². The van der Waals surface area contributed by atoms with Crippen LogP contribution in [0, 0.1) is 0 Å². The van der Waals surface area contributed by atoms with Crippen LogP contribution in [0.5, 0.6) is 0 Å². The van der Waals surface area contributed by atoms with Crippen LogP contribution in [0.15, 0.2) is 30.8 Å². The van der Waals surface area contributed by atoms with Gasteiger partial charge in [0.1, 0.15) is 5.60 Å². The van der Waals surface area contributed by atoms with Crippen LogP contribution in [0.2, 0.25) is 0 Å². The molecule has 1 fully saturated rings. The number of carbonyl (C=O) groups is 1. The van der Waals surface area contributed by atoms with Crippen molar-refractivity contribution in [3.63, 3.8) is 0 Å². The molecule has 1 aromatic carbocycles. The zero-order valence-electron chi connectivity index (χ0n) is 14.8. The topological polar surface area (TPSA) is 38.3 Å². The summed E-state index contributed by atoms with van der Waals surface area (Å²) in [6, 6.07) is 8.88. The zero-order valence-corrected chi connectivity index (χ0v) is 14.8. The molecular formula is C20H29NO2. The van der Waals surface area contributed by atoms with E-state index in [0.717, 1.165) is 24.8 Å². The van der Waals surface area contributed by atoms with Crippen molar-refractivity contribution in [3.8, 4) is 0 Å². The Morgan fingerprint density at radius 2 is 1.87 bits per heavy atom. The lowest BCUT2D eigenvalue weighted by Crippen LogP contribution is -2.41. The Hall–Kier alpha value is -1.77. The lowest BCUT2D eigenvalue weighted by molar-refractivity contribution is 0.0490. The standard InChI is InChI=1S/C20H29NO2/c1-14(2)15-9-11-16(12-10-15)17-7-6-8-18(13-17)21-19(22)23-20(3,4)5/h9-12,17-18H,1,6-8,13H2,2-5H3,(H,21,22)/t17-,18+/m0/s1. The molecule has 1 amide bonds. The summed E-state index contributed by atoms with van der Waals surface area (Å²) in [5.41, 5.74) is 3.18. The molecule has 0 unspecified atom stereocenters. The minimum absolute atomic E-state index is 0.199. The first-order valence-electron chi connectivity index (χ1n) is 8.50. The smallest absolute Gasteiger partial charge is 0.407 e. The molecule has 0 aliphatic heterocycles. The van der Waals surface area contributed by atoms with Gasteiger partial charge in [-0.15, -0.1) is 0 Å². The highest BCUT2D eigenvalue weighted by atomic mass is 16.6. The third kappa shape index (κ3) is 5.42. The van der Waals surface area contributed by atoms with Gasteiger partial charge in [-0.3, -0.25) is 0 Å². The molecule has 126 valence electrons. The van der Waals surface area contributed by atoms with Gasteiger partial charge in [-0.05, 0) is 64.0 Å². The van der Waals surface area contributed by atoms with Crippen LogP contribution in [0.25, 0.3) is 5.57 Å². The summed E-state index contributed by atoms with van der Waals surface area (Å²) in [7, 11) is 0. The van der Waals surface area contributed by atoms with Gasteiger partial charge in [0, 0.05) is 6.04 Å². The van der Waals surface area contributed by atoms with E-state index >= 15 is 0 Å². The van der Waals surface area contributed by atoms with E-state index in [1.54, 1.807) is 0 Å². The van der Waals surface area contributed by atoms with Crippen molar-refractivity contribution in [1.82, 2.24) is 5.32 Å². The van der Waals surface area contributed by atoms with Crippen LogP contribution >= 0.6 is 0 Å². The van der Waals surface area contributed by atoms with E-state index < -0.39 is 5.60 Å². The Morgan fingerprint density at radius 1 is 1.22 bits per heavy atom. The fourth-order valence-electron chi connectivity index (χ4n) is 3.14. The Morgan fingerprint density at radius 3 is 2.43 bits per heavy atom. The van der Waals surface area contributed by atoms with E-state index in [2.05, 4.69) is 36.2 Å². The molecule has 1 aliphatic rings. The number of hydrogen-bond acceptors (Lipinski definition) is 2. The Labute approximate surface area is 140 Å². The van der Waals surface area contributed by atoms with Gasteiger partial charge in [-0.25, -0.2) is 4.79 Å². The van der Waals surface area contributed by atoms with E-state index in [1.165, 1.54) is 17.5 Å². The van der Waals surface area contributed by atoms with Crippen LogP contribution in [0.3, 0.4) is 0 Å². The molecule has 1 aliphatic carbocycles. The molecular weight excluding hydrogens is 286 g/mol. The van der Waals surface area contributed by atoms with Gasteiger partial charge in [0.2, 0.25) is 0 Å². The van der Waals surface area contributed by atoms with E-state index in [1.807, 2.05) is 27.7 Å². The lowest BCUT2D eigenvalue weighted by atomic mass is 9.81. The molecule has 0 aromatic heterocycles. The summed E-state index contributed by atoms with van der Waals surface area (Å²) in [5, 5.41) is 3.03. The lowest BCUT2D eigenvalue weighted by Gasteiger charge is -2.31. The molecule has 1 saturated carbocycles. The van der Waals surface area contributed by atoms with Gasteiger partial charge in [0.05, 0.1) is 0 Å². The normalized spacial score (nSPS) is 21.6. The maximum atomic E-state index is 11.9. The number of alkyl carbamates (subject to hydrolysis) is 1. The zero-order chi connectivity index (χ0) is 17.0. The SMILES string of the molecule is C=C(C)c1ccc([C@H]2CCC[C@@H](NC(=O)OC(C)(C)C)C2)cc1. The molecule has 0 heterocycles. The first-order valence-corrected chi connectivity index (χ1v) is 8.50. The monoisotopic (exact) mass is 315 g/mol. The van der Waals surface area contributed by atoms with Crippen LogP contribution < -0.4 is 5.32 Å². The van der Waals surface area contributed by atoms with Gasteiger partial charge >= 0.3 is 6.09 Å². The van der Waals surface area contributed by atoms with Crippen molar-refractivity contribution in [2.45, 2.75) is 70.9 Å². The third-order valence-corrected chi connectivity index (χ3v) is 4.27. The second-order valence-electron chi connectivity index (χ2n) is 7.61. The second kappa shape index (κ2) is 7.20. The second-order valence-corrected chi connectivity index (χ2v) is 7.61. The summed E-state index contributed by atoms with van der Waals surface area (Å²) >= 11 is 0. The Kier molecular flexibility index (Phi) is 5.51. The van der Waals surface area contributed by atoms with Crippen LogP contribution in [-0.2, 0) is 4.74 Å². The number of allylic oxidation sites excluding steroid dienone is 1. The molecule has 1 N–H and O–H groups in total. The predicted molar refractivity (Wildman–Crippen MR) is 95.5 cm³/mol. The molecule has 3 nitrogen and oxygen atoms in total. The summed E-state index contributed by atoms with van der Waals surface area (Å²) in [6.45, 7) is 11.7. The van der Waals surface area contributed by atoms with Crippen LogP contribution in [-0.4, -0.2) is 17.7 Å². The first kappa shape index (κ1) is 17.6.